The first kappa shape index (κ1) is 36.6. The number of nitrogens with zero attached hydrogens (tertiary/aromatic N) is 2. The first-order valence-corrected chi connectivity index (χ1v) is 16.4. The maximum Gasteiger partial charge on any atom is 0.153 e. The highest BCUT2D eigenvalue weighted by atomic mass is 16.5. The lowest BCUT2D eigenvalue weighted by Gasteiger charge is -2.57. The quantitative estimate of drug-likeness (QED) is 0.295. The van der Waals surface area contributed by atoms with Crippen molar-refractivity contribution in [2.45, 2.75) is 98.8 Å². The van der Waals surface area contributed by atoms with E-state index in [1.807, 2.05) is 50.3 Å². The second-order valence-electron chi connectivity index (χ2n) is 11.8. The summed E-state index contributed by atoms with van der Waals surface area (Å²) in [4.78, 5) is 2.70. The molecule has 1 aromatic rings. The minimum atomic E-state index is -0.206. The van der Waals surface area contributed by atoms with Crippen LogP contribution in [0.25, 0.3) is 0 Å². The van der Waals surface area contributed by atoms with Gasteiger partial charge in [-0.2, -0.15) is 5.26 Å². The zero-order chi connectivity index (χ0) is 31.8. The number of hydrogen-bond acceptors (Lipinski definition) is 6. The van der Waals surface area contributed by atoms with E-state index < -0.39 is 0 Å². The highest BCUT2D eigenvalue weighted by Gasteiger charge is 2.56. The summed E-state index contributed by atoms with van der Waals surface area (Å²) in [7, 11) is 3.44. The number of likely N-dealkylation sites (tertiary alicyclic amines) is 1. The van der Waals surface area contributed by atoms with Gasteiger partial charge in [-0.1, -0.05) is 76.1 Å². The van der Waals surface area contributed by atoms with Crippen LogP contribution in [0.1, 0.15) is 85.6 Å². The molecule has 1 N–H and O–H groups in total. The van der Waals surface area contributed by atoms with Crippen molar-refractivity contribution >= 4 is 0 Å². The molecule has 3 aliphatic rings. The minimum Gasteiger partial charge on any atom is -0.494 e. The Morgan fingerprint density at radius 3 is 2.35 bits per heavy atom. The van der Waals surface area contributed by atoms with E-state index in [4.69, 9.17) is 19.3 Å². The summed E-state index contributed by atoms with van der Waals surface area (Å²) in [5.74, 6) is 2.18. The lowest BCUT2D eigenvalue weighted by atomic mass is 9.54. The Balaban J connectivity index is 0.000000550. The van der Waals surface area contributed by atoms with Crippen LogP contribution in [-0.2, 0) is 20.8 Å². The van der Waals surface area contributed by atoms with Crippen LogP contribution in [0.15, 0.2) is 65.7 Å². The van der Waals surface area contributed by atoms with Crippen molar-refractivity contribution < 1.29 is 19.3 Å². The number of aliphatic hydroxyl groups excluding tert-OH is 1. The van der Waals surface area contributed by atoms with E-state index in [0.717, 1.165) is 37.3 Å². The predicted octanol–water partition coefficient (Wildman–Crippen LogP) is 8.05. The minimum absolute atomic E-state index is 0.140. The largest absolute Gasteiger partial charge is 0.494 e. The molecule has 1 aliphatic carbocycles. The Morgan fingerprint density at radius 1 is 1.14 bits per heavy atom. The highest BCUT2D eigenvalue weighted by molar-refractivity contribution is 5.36. The second-order valence-corrected chi connectivity index (χ2v) is 11.8. The Kier molecular flexibility index (Phi) is 16.1. The number of allylic oxidation sites excluding steroid dienone is 3. The van der Waals surface area contributed by atoms with Gasteiger partial charge in [-0.25, -0.2) is 0 Å². The number of rotatable bonds is 10. The van der Waals surface area contributed by atoms with Gasteiger partial charge in [0.2, 0.25) is 0 Å². The van der Waals surface area contributed by atoms with E-state index >= 15 is 0 Å². The zero-order valence-electron chi connectivity index (χ0n) is 28.1. The SMILES string of the molecule is CC.CCC1=C(/C)C2(CCN(CC3CC3)C(C)C2C(CC)CC#N)[C@H](COC)OC=C(OC)/C=C\1.OCc1ccccc1. The number of aliphatic hydroxyl groups is 1. The van der Waals surface area contributed by atoms with E-state index in [-0.39, 0.29) is 18.1 Å². The molecule has 43 heavy (non-hydrogen) atoms. The van der Waals surface area contributed by atoms with E-state index in [1.54, 1.807) is 20.5 Å². The molecule has 6 heteroatoms. The van der Waals surface area contributed by atoms with Crippen molar-refractivity contribution in [3.8, 4) is 6.07 Å². The molecule has 1 saturated carbocycles. The molecule has 1 spiro atoms. The lowest BCUT2D eigenvalue weighted by Crippen LogP contribution is -2.61. The summed E-state index contributed by atoms with van der Waals surface area (Å²) in [6, 6.07) is 12.4. The van der Waals surface area contributed by atoms with Crippen molar-refractivity contribution in [2.75, 3.05) is 33.9 Å². The molecule has 0 amide bonds. The molecule has 0 radical (unpaired) electrons. The lowest BCUT2D eigenvalue weighted by molar-refractivity contribution is -0.116. The first-order chi connectivity index (χ1) is 20.9. The van der Waals surface area contributed by atoms with Crippen LogP contribution in [0.5, 0.6) is 0 Å². The van der Waals surface area contributed by atoms with Gasteiger partial charge in [0.05, 0.1) is 26.4 Å². The van der Waals surface area contributed by atoms with E-state index in [0.29, 0.717) is 36.7 Å². The van der Waals surface area contributed by atoms with Crippen LogP contribution in [0, 0.1) is 34.5 Å². The number of ether oxygens (including phenoxy) is 3. The van der Waals surface area contributed by atoms with Crippen LogP contribution in [0.3, 0.4) is 0 Å². The average molecular weight is 595 g/mol. The summed E-state index contributed by atoms with van der Waals surface area (Å²) in [6.45, 7) is 16.1. The molecule has 4 unspecified atom stereocenters. The molecule has 0 bridgehead atoms. The number of methoxy groups -OCH3 is 2. The fourth-order valence-electron chi connectivity index (χ4n) is 7.10. The van der Waals surface area contributed by atoms with Gasteiger partial charge in [0.25, 0.3) is 0 Å². The van der Waals surface area contributed by atoms with E-state index in [2.05, 4.69) is 44.7 Å². The highest BCUT2D eigenvalue weighted by Crippen LogP contribution is 2.55. The van der Waals surface area contributed by atoms with Crippen molar-refractivity contribution in [2.24, 2.45) is 23.2 Å². The summed E-state index contributed by atoms with van der Waals surface area (Å²) in [5, 5.41) is 18.3. The number of piperidine rings is 1. The van der Waals surface area contributed by atoms with Crippen molar-refractivity contribution in [1.29, 1.82) is 5.26 Å². The van der Waals surface area contributed by atoms with Gasteiger partial charge in [0.1, 0.15) is 12.4 Å². The maximum absolute atomic E-state index is 9.77. The summed E-state index contributed by atoms with van der Waals surface area (Å²) in [6.07, 6.45) is 12.1. The third-order valence-electron chi connectivity index (χ3n) is 9.59. The maximum atomic E-state index is 9.77. The van der Waals surface area contributed by atoms with Gasteiger partial charge in [0, 0.05) is 31.5 Å². The number of hydrogen-bond donors (Lipinski definition) is 1. The molecular weight excluding hydrogens is 536 g/mol. The normalized spacial score (nSPS) is 28.7. The molecule has 2 heterocycles. The Hall–Kier alpha value is -2.59. The predicted molar refractivity (Wildman–Crippen MR) is 176 cm³/mol. The molecule has 0 aromatic heterocycles. The van der Waals surface area contributed by atoms with E-state index in [9.17, 15) is 5.26 Å². The topological polar surface area (TPSA) is 75.0 Å². The molecule has 1 aromatic carbocycles. The van der Waals surface area contributed by atoms with Crippen LogP contribution in [0.4, 0.5) is 0 Å². The molecular formula is C37H58N2O4. The molecule has 240 valence electrons. The van der Waals surface area contributed by atoms with Crippen molar-refractivity contribution in [1.82, 2.24) is 4.90 Å². The average Bonchev–Trinajstić information content (AvgIpc) is 3.87. The van der Waals surface area contributed by atoms with Crippen molar-refractivity contribution in [3.05, 3.63) is 71.2 Å². The van der Waals surface area contributed by atoms with Crippen LogP contribution >= 0.6 is 0 Å². The number of nitriles is 1. The number of benzene rings is 1. The van der Waals surface area contributed by atoms with Crippen LogP contribution in [-0.4, -0.2) is 56.1 Å². The van der Waals surface area contributed by atoms with Gasteiger partial charge in [-0.05, 0) is 81.0 Å². The third kappa shape index (κ3) is 9.45. The summed E-state index contributed by atoms with van der Waals surface area (Å²) < 4.78 is 17.9. The van der Waals surface area contributed by atoms with Gasteiger partial charge in [0.15, 0.2) is 5.76 Å². The third-order valence-corrected chi connectivity index (χ3v) is 9.59. The molecule has 4 rings (SSSR count). The van der Waals surface area contributed by atoms with Crippen LogP contribution in [0.2, 0.25) is 0 Å². The first-order valence-electron chi connectivity index (χ1n) is 16.4. The summed E-state index contributed by atoms with van der Waals surface area (Å²) in [5.41, 5.74) is 3.49. The Morgan fingerprint density at radius 2 is 1.84 bits per heavy atom. The second kappa shape index (κ2) is 18.9. The smallest absolute Gasteiger partial charge is 0.153 e. The molecule has 5 atom stereocenters. The molecule has 1 saturated heterocycles. The van der Waals surface area contributed by atoms with Gasteiger partial charge in [-0.15, -0.1) is 0 Å². The fraction of sp³-hybridized carbons (Fsp3) is 0.649. The Labute approximate surface area is 262 Å². The van der Waals surface area contributed by atoms with Gasteiger partial charge in [-0.3, -0.25) is 0 Å². The van der Waals surface area contributed by atoms with E-state index in [1.165, 1.54) is 30.5 Å². The van der Waals surface area contributed by atoms with Gasteiger partial charge >= 0.3 is 0 Å². The van der Waals surface area contributed by atoms with Crippen LogP contribution < -0.4 is 0 Å². The standard InChI is InChI=1S/C28H44N2O3.C7H8O.C2H6/c1-7-23-11-12-25(32-6)18-33-26(19-31-5)28(20(23)3)14-16-30(17-22-9-10-22)21(4)27(28)24(8-2)13-15-29;8-6-7-4-2-1-3-5-7;1-2/h11-12,18,21-22,24,26-27H,7-10,13-14,16-17,19H2,1-6H3;1-5,8H,6H2;1-2H3/b12-11-,23-20+,25-18?;;/t21?,24?,26-,27?,28?;;/m0../s1. The molecule has 6 nitrogen and oxygen atoms in total. The molecule has 2 fully saturated rings. The van der Waals surface area contributed by atoms with Crippen molar-refractivity contribution in [3.63, 3.8) is 0 Å². The monoisotopic (exact) mass is 594 g/mol. The fourth-order valence-corrected chi connectivity index (χ4v) is 7.10. The van der Waals surface area contributed by atoms with Gasteiger partial charge < -0.3 is 24.2 Å². The zero-order valence-corrected chi connectivity index (χ0v) is 28.1. The Bertz CT molecular complexity index is 1070. The summed E-state index contributed by atoms with van der Waals surface area (Å²) >= 11 is 0. The molecule has 2 aliphatic heterocycles.